The van der Waals surface area contributed by atoms with Crippen molar-refractivity contribution in [3.05, 3.63) is 101 Å². The van der Waals surface area contributed by atoms with E-state index in [2.05, 4.69) is 71.3 Å². The van der Waals surface area contributed by atoms with Gasteiger partial charge >= 0.3 is 0 Å². The Hall–Kier alpha value is -2.84. The zero-order valence-corrected chi connectivity index (χ0v) is 17.0. The molecule has 1 atom stereocenters. The lowest BCUT2D eigenvalue weighted by Crippen LogP contribution is -2.09. The fourth-order valence-corrected chi connectivity index (χ4v) is 4.47. The first-order chi connectivity index (χ1) is 14.3. The van der Waals surface area contributed by atoms with E-state index in [1.807, 2.05) is 18.2 Å². The highest BCUT2D eigenvalue weighted by molar-refractivity contribution is 6.30. The smallest absolute Gasteiger partial charge is 0.137 e. The van der Waals surface area contributed by atoms with Crippen LogP contribution in [0.1, 0.15) is 30.5 Å². The molecule has 0 radical (unpaired) electrons. The van der Waals surface area contributed by atoms with Gasteiger partial charge in [0.15, 0.2) is 0 Å². The Morgan fingerprint density at radius 1 is 0.931 bits per heavy atom. The molecule has 29 heavy (non-hydrogen) atoms. The molecular formula is C26H23ClN2. The molecule has 144 valence electrons. The van der Waals surface area contributed by atoms with E-state index in [0.29, 0.717) is 5.92 Å². The Labute approximate surface area is 176 Å². The molecule has 1 aliphatic rings. The number of allylic oxidation sites excluding steroid dienone is 2. The first-order valence-corrected chi connectivity index (χ1v) is 10.6. The molecule has 0 bridgehead atoms. The van der Waals surface area contributed by atoms with E-state index in [-0.39, 0.29) is 0 Å². The van der Waals surface area contributed by atoms with Crippen LogP contribution < -0.4 is 0 Å². The van der Waals surface area contributed by atoms with Gasteiger partial charge in [-0.05, 0) is 67.0 Å². The minimum atomic E-state index is 0.708. The monoisotopic (exact) mass is 398 g/mol. The van der Waals surface area contributed by atoms with Crippen molar-refractivity contribution < 1.29 is 0 Å². The predicted octanol–water partition coefficient (Wildman–Crippen LogP) is 7.08. The molecule has 0 fully saturated rings. The molecule has 0 saturated carbocycles. The van der Waals surface area contributed by atoms with E-state index in [1.54, 1.807) is 0 Å². The van der Waals surface area contributed by atoms with Gasteiger partial charge in [0.1, 0.15) is 5.65 Å². The van der Waals surface area contributed by atoms with Gasteiger partial charge in [-0.25, -0.2) is 4.98 Å². The van der Waals surface area contributed by atoms with Gasteiger partial charge in [0.2, 0.25) is 0 Å². The van der Waals surface area contributed by atoms with Crippen LogP contribution in [-0.2, 0) is 6.42 Å². The Kier molecular flexibility index (Phi) is 4.95. The zero-order chi connectivity index (χ0) is 19.6. The number of pyridine rings is 1. The molecule has 0 amide bonds. The molecule has 1 unspecified atom stereocenters. The van der Waals surface area contributed by atoms with E-state index in [1.165, 1.54) is 23.3 Å². The molecule has 2 aromatic carbocycles. The number of hydrogen-bond acceptors (Lipinski definition) is 1. The second-order valence-electron chi connectivity index (χ2n) is 7.80. The molecule has 5 rings (SSSR count). The van der Waals surface area contributed by atoms with Crippen LogP contribution in [0.3, 0.4) is 0 Å². The fourth-order valence-electron chi connectivity index (χ4n) is 4.35. The molecule has 0 aliphatic heterocycles. The van der Waals surface area contributed by atoms with Crippen LogP contribution in [0.4, 0.5) is 0 Å². The van der Waals surface area contributed by atoms with Crippen LogP contribution in [0.5, 0.6) is 0 Å². The summed E-state index contributed by atoms with van der Waals surface area (Å²) in [6.07, 6.45) is 9.12. The van der Waals surface area contributed by atoms with E-state index in [9.17, 15) is 0 Å². The maximum Gasteiger partial charge on any atom is 0.137 e. The average molecular weight is 399 g/mol. The molecule has 2 heterocycles. The summed E-state index contributed by atoms with van der Waals surface area (Å²) in [5.74, 6) is 0.708. The van der Waals surface area contributed by atoms with Gasteiger partial charge in [0, 0.05) is 16.8 Å². The lowest BCUT2D eigenvalue weighted by molar-refractivity contribution is 0.482. The number of benzene rings is 2. The number of hydrogen-bond donors (Lipinski definition) is 0. The maximum absolute atomic E-state index is 6.11. The van der Waals surface area contributed by atoms with Crippen LogP contribution >= 0.6 is 11.6 Å². The lowest BCUT2D eigenvalue weighted by Gasteiger charge is -2.22. The second kappa shape index (κ2) is 7.88. The Morgan fingerprint density at radius 3 is 2.48 bits per heavy atom. The summed E-state index contributed by atoms with van der Waals surface area (Å²) in [4.78, 5) is 4.95. The molecule has 2 aromatic heterocycles. The summed E-state index contributed by atoms with van der Waals surface area (Å²) in [5.41, 5.74) is 7.20. The Balaban J connectivity index is 1.50. The normalized spacial score (nSPS) is 16.7. The number of halogens is 1. The molecule has 0 N–H and O–H groups in total. The van der Waals surface area contributed by atoms with Gasteiger partial charge in [0.05, 0.1) is 11.4 Å². The molecule has 4 aromatic rings. The quantitative estimate of drug-likeness (QED) is 0.359. The number of nitrogens with zero attached hydrogens (tertiary/aromatic N) is 2. The minimum Gasteiger partial charge on any atom is -0.299 e. The second-order valence-corrected chi connectivity index (χ2v) is 8.24. The van der Waals surface area contributed by atoms with Crippen LogP contribution in [-0.4, -0.2) is 9.38 Å². The number of imidazole rings is 1. The van der Waals surface area contributed by atoms with E-state index >= 15 is 0 Å². The molecule has 1 aliphatic carbocycles. The SMILES string of the molecule is Clc1ccc(-c2nc3ccccn3c2C2=CCC(Cc3ccccc3)CC2)cc1. The van der Waals surface area contributed by atoms with E-state index in [0.717, 1.165) is 41.2 Å². The van der Waals surface area contributed by atoms with E-state index < -0.39 is 0 Å². The summed E-state index contributed by atoms with van der Waals surface area (Å²) in [5, 5.41) is 0.750. The van der Waals surface area contributed by atoms with Crippen molar-refractivity contribution >= 4 is 22.8 Å². The van der Waals surface area contributed by atoms with Crippen LogP contribution in [0.15, 0.2) is 85.1 Å². The van der Waals surface area contributed by atoms with Crippen molar-refractivity contribution in [1.82, 2.24) is 9.38 Å². The average Bonchev–Trinajstić information content (AvgIpc) is 3.15. The van der Waals surface area contributed by atoms with Crippen LogP contribution in [0.2, 0.25) is 5.02 Å². The van der Waals surface area contributed by atoms with Gasteiger partial charge in [-0.2, -0.15) is 0 Å². The van der Waals surface area contributed by atoms with Crippen molar-refractivity contribution in [2.45, 2.75) is 25.7 Å². The lowest BCUT2D eigenvalue weighted by atomic mass is 9.84. The number of aromatic nitrogens is 2. The maximum atomic E-state index is 6.11. The van der Waals surface area contributed by atoms with Crippen LogP contribution in [0, 0.1) is 5.92 Å². The molecule has 3 heteroatoms. The van der Waals surface area contributed by atoms with E-state index in [4.69, 9.17) is 16.6 Å². The topological polar surface area (TPSA) is 17.3 Å². The number of fused-ring (bicyclic) bond motifs is 1. The van der Waals surface area contributed by atoms with Crippen molar-refractivity contribution in [3.63, 3.8) is 0 Å². The third-order valence-electron chi connectivity index (χ3n) is 5.84. The fraction of sp³-hybridized carbons (Fsp3) is 0.192. The summed E-state index contributed by atoms with van der Waals surface area (Å²) in [6, 6.07) is 25.0. The largest absolute Gasteiger partial charge is 0.299 e. The highest BCUT2D eigenvalue weighted by Gasteiger charge is 2.22. The first-order valence-electron chi connectivity index (χ1n) is 10.2. The molecule has 0 saturated heterocycles. The van der Waals surface area contributed by atoms with Crippen LogP contribution in [0.25, 0.3) is 22.5 Å². The highest BCUT2D eigenvalue weighted by Crippen LogP contribution is 2.37. The predicted molar refractivity (Wildman–Crippen MR) is 121 cm³/mol. The highest BCUT2D eigenvalue weighted by atomic mass is 35.5. The third-order valence-corrected chi connectivity index (χ3v) is 6.09. The summed E-state index contributed by atoms with van der Waals surface area (Å²) < 4.78 is 2.23. The van der Waals surface area contributed by atoms with Crippen molar-refractivity contribution in [2.75, 3.05) is 0 Å². The van der Waals surface area contributed by atoms with Crippen molar-refractivity contribution in [3.8, 4) is 11.3 Å². The van der Waals surface area contributed by atoms with Gasteiger partial charge in [-0.15, -0.1) is 0 Å². The standard InChI is InChI=1S/C26H23ClN2/c27-23-15-13-21(14-16-23)25-26(29-17-5-4-8-24(29)28-25)22-11-9-20(10-12-22)18-19-6-2-1-3-7-19/h1-8,11,13-17,20H,9-10,12,18H2. The first kappa shape index (κ1) is 18.2. The Bertz CT molecular complexity index is 1160. The molecule has 2 nitrogen and oxygen atoms in total. The summed E-state index contributed by atoms with van der Waals surface area (Å²) >= 11 is 6.11. The minimum absolute atomic E-state index is 0.708. The zero-order valence-electron chi connectivity index (χ0n) is 16.3. The van der Waals surface area contributed by atoms with Crippen molar-refractivity contribution in [2.24, 2.45) is 5.92 Å². The summed E-state index contributed by atoms with van der Waals surface area (Å²) in [7, 11) is 0. The molecule has 0 spiro atoms. The summed E-state index contributed by atoms with van der Waals surface area (Å²) in [6.45, 7) is 0. The van der Waals surface area contributed by atoms with Gasteiger partial charge in [-0.3, -0.25) is 4.40 Å². The van der Waals surface area contributed by atoms with Gasteiger partial charge < -0.3 is 0 Å². The molecular weight excluding hydrogens is 376 g/mol. The number of rotatable bonds is 4. The van der Waals surface area contributed by atoms with Gasteiger partial charge in [0.25, 0.3) is 0 Å². The Morgan fingerprint density at radius 2 is 1.72 bits per heavy atom. The van der Waals surface area contributed by atoms with Gasteiger partial charge in [-0.1, -0.05) is 66.2 Å². The van der Waals surface area contributed by atoms with Crippen molar-refractivity contribution in [1.29, 1.82) is 0 Å². The third kappa shape index (κ3) is 3.73.